The minimum absolute atomic E-state index is 0.578. The molecule has 2 rings (SSSR count). The summed E-state index contributed by atoms with van der Waals surface area (Å²) >= 11 is 0. The van der Waals surface area contributed by atoms with Crippen LogP contribution in [0.1, 0.15) is 48.9 Å². The molecule has 1 saturated heterocycles. The van der Waals surface area contributed by atoms with Crippen molar-refractivity contribution < 1.29 is 0 Å². The van der Waals surface area contributed by atoms with Gasteiger partial charge in [0, 0.05) is 6.04 Å². The van der Waals surface area contributed by atoms with Crippen LogP contribution in [0.3, 0.4) is 0 Å². The van der Waals surface area contributed by atoms with E-state index in [1.54, 1.807) is 0 Å². The third-order valence-electron chi connectivity index (χ3n) is 4.86. The first-order valence-electron chi connectivity index (χ1n) is 8.13. The molecule has 2 unspecified atom stereocenters. The maximum atomic E-state index is 3.41. The van der Waals surface area contributed by atoms with Gasteiger partial charge < -0.3 is 5.32 Å². The van der Waals surface area contributed by atoms with E-state index in [4.69, 9.17) is 0 Å². The standard InChI is InChI=1S/C18H30N2/c1-5-20-11-7-6-8-17(13-19-4)18(20)16-10-9-14(2)15(3)12-16/h9-10,12,17-19H,5-8,11,13H2,1-4H3. The van der Waals surface area contributed by atoms with Crippen LogP contribution in [0.2, 0.25) is 0 Å². The SMILES string of the molecule is CCN1CCCCC(CNC)C1c1ccc(C)c(C)c1. The molecule has 1 aromatic rings. The Hall–Kier alpha value is -0.860. The summed E-state index contributed by atoms with van der Waals surface area (Å²) in [6.07, 6.45) is 4.05. The predicted octanol–water partition coefficient (Wildman–Crippen LogP) is 3.69. The summed E-state index contributed by atoms with van der Waals surface area (Å²) in [6, 6.07) is 7.63. The summed E-state index contributed by atoms with van der Waals surface area (Å²) < 4.78 is 0. The van der Waals surface area contributed by atoms with Crippen LogP contribution >= 0.6 is 0 Å². The smallest absolute Gasteiger partial charge is 0.0388 e. The summed E-state index contributed by atoms with van der Waals surface area (Å²) in [5, 5.41) is 3.41. The zero-order valence-corrected chi connectivity index (χ0v) is 13.6. The molecule has 0 bridgehead atoms. The van der Waals surface area contributed by atoms with Gasteiger partial charge in [0.2, 0.25) is 0 Å². The highest BCUT2D eigenvalue weighted by Crippen LogP contribution is 2.35. The Balaban J connectivity index is 2.34. The molecule has 2 atom stereocenters. The highest BCUT2D eigenvalue weighted by atomic mass is 15.2. The first-order chi connectivity index (χ1) is 9.67. The normalized spacial score (nSPS) is 24.6. The third kappa shape index (κ3) is 3.42. The zero-order valence-electron chi connectivity index (χ0n) is 13.6. The van der Waals surface area contributed by atoms with E-state index in [2.05, 4.69) is 56.2 Å². The Morgan fingerprint density at radius 3 is 2.65 bits per heavy atom. The highest BCUT2D eigenvalue weighted by Gasteiger charge is 2.29. The molecular formula is C18H30N2. The largest absolute Gasteiger partial charge is 0.319 e. The fourth-order valence-corrected chi connectivity index (χ4v) is 3.58. The average Bonchev–Trinajstić information content (AvgIpc) is 2.64. The van der Waals surface area contributed by atoms with Crippen molar-refractivity contribution in [2.75, 3.05) is 26.7 Å². The van der Waals surface area contributed by atoms with Gasteiger partial charge in [-0.1, -0.05) is 31.5 Å². The molecule has 1 N–H and O–H groups in total. The number of nitrogens with one attached hydrogen (secondary N) is 1. The van der Waals surface area contributed by atoms with Crippen LogP contribution in [0, 0.1) is 19.8 Å². The van der Waals surface area contributed by atoms with Gasteiger partial charge >= 0.3 is 0 Å². The Labute approximate surface area is 124 Å². The Kier molecular flexibility index (Phi) is 5.62. The molecule has 2 nitrogen and oxygen atoms in total. The number of hydrogen-bond acceptors (Lipinski definition) is 2. The molecule has 112 valence electrons. The van der Waals surface area contributed by atoms with Crippen LogP contribution in [-0.2, 0) is 0 Å². The van der Waals surface area contributed by atoms with Crippen LogP contribution in [0.5, 0.6) is 0 Å². The minimum Gasteiger partial charge on any atom is -0.319 e. The number of rotatable bonds is 4. The minimum atomic E-state index is 0.578. The van der Waals surface area contributed by atoms with Crippen molar-refractivity contribution in [3.05, 3.63) is 34.9 Å². The summed E-state index contributed by atoms with van der Waals surface area (Å²) in [4.78, 5) is 2.68. The highest BCUT2D eigenvalue weighted by molar-refractivity contribution is 5.32. The molecule has 0 aromatic heterocycles. The van der Waals surface area contributed by atoms with E-state index in [1.165, 1.54) is 42.5 Å². The van der Waals surface area contributed by atoms with E-state index in [9.17, 15) is 0 Å². The van der Waals surface area contributed by atoms with Crippen molar-refractivity contribution in [2.24, 2.45) is 5.92 Å². The lowest BCUT2D eigenvalue weighted by Crippen LogP contribution is -2.36. The fourth-order valence-electron chi connectivity index (χ4n) is 3.58. The van der Waals surface area contributed by atoms with Crippen LogP contribution < -0.4 is 5.32 Å². The average molecular weight is 274 g/mol. The number of likely N-dealkylation sites (tertiary alicyclic amines) is 1. The molecule has 0 saturated carbocycles. The van der Waals surface area contributed by atoms with Gasteiger partial charge in [-0.15, -0.1) is 0 Å². The third-order valence-corrected chi connectivity index (χ3v) is 4.86. The molecule has 0 radical (unpaired) electrons. The van der Waals surface area contributed by atoms with Gasteiger partial charge in [0.05, 0.1) is 0 Å². The molecule has 2 heteroatoms. The number of nitrogens with zero attached hydrogens (tertiary/aromatic N) is 1. The number of benzene rings is 1. The zero-order chi connectivity index (χ0) is 14.5. The summed E-state index contributed by atoms with van der Waals surface area (Å²) in [5.41, 5.74) is 4.33. The van der Waals surface area contributed by atoms with Crippen molar-refractivity contribution >= 4 is 0 Å². The Bertz CT molecular complexity index is 427. The lowest BCUT2D eigenvalue weighted by Gasteiger charge is -2.35. The van der Waals surface area contributed by atoms with Crippen LogP contribution in [0.4, 0.5) is 0 Å². The lowest BCUT2D eigenvalue weighted by molar-refractivity contribution is 0.162. The molecule has 0 amide bonds. The van der Waals surface area contributed by atoms with E-state index >= 15 is 0 Å². The van der Waals surface area contributed by atoms with Crippen molar-refractivity contribution in [2.45, 2.75) is 46.1 Å². The van der Waals surface area contributed by atoms with Gasteiger partial charge in [0.1, 0.15) is 0 Å². The monoisotopic (exact) mass is 274 g/mol. The van der Waals surface area contributed by atoms with E-state index in [0.717, 1.165) is 19.0 Å². The summed E-state index contributed by atoms with van der Waals surface area (Å²) in [6.45, 7) is 10.3. The quantitative estimate of drug-likeness (QED) is 0.901. The first-order valence-corrected chi connectivity index (χ1v) is 8.13. The predicted molar refractivity (Wildman–Crippen MR) is 87.2 cm³/mol. The van der Waals surface area contributed by atoms with Crippen LogP contribution in [0.25, 0.3) is 0 Å². The van der Waals surface area contributed by atoms with Crippen molar-refractivity contribution in [3.63, 3.8) is 0 Å². The van der Waals surface area contributed by atoms with Crippen molar-refractivity contribution in [1.29, 1.82) is 0 Å². The molecule has 0 aliphatic carbocycles. The van der Waals surface area contributed by atoms with Gasteiger partial charge in [0.25, 0.3) is 0 Å². The van der Waals surface area contributed by atoms with E-state index < -0.39 is 0 Å². The van der Waals surface area contributed by atoms with Gasteiger partial charge in [-0.25, -0.2) is 0 Å². The van der Waals surface area contributed by atoms with E-state index in [0.29, 0.717) is 6.04 Å². The van der Waals surface area contributed by atoms with Gasteiger partial charge in [-0.05, 0) is 76.0 Å². The second kappa shape index (κ2) is 7.24. The van der Waals surface area contributed by atoms with Gasteiger partial charge in [0.15, 0.2) is 0 Å². The molecule has 1 aromatic carbocycles. The maximum Gasteiger partial charge on any atom is 0.0388 e. The molecule has 1 aliphatic rings. The first kappa shape index (κ1) is 15.5. The number of hydrogen-bond donors (Lipinski definition) is 1. The molecular weight excluding hydrogens is 244 g/mol. The fraction of sp³-hybridized carbons (Fsp3) is 0.667. The van der Waals surface area contributed by atoms with Crippen molar-refractivity contribution in [1.82, 2.24) is 10.2 Å². The maximum absolute atomic E-state index is 3.41. The Morgan fingerprint density at radius 1 is 1.20 bits per heavy atom. The van der Waals surface area contributed by atoms with E-state index in [-0.39, 0.29) is 0 Å². The van der Waals surface area contributed by atoms with Crippen LogP contribution in [-0.4, -0.2) is 31.6 Å². The number of aryl methyl sites for hydroxylation is 2. The lowest BCUT2D eigenvalue weighted by atomic mass is 9.88. The van der Waals surface area contributed by atoms with Gasteiger partial charge in [-0.3, -0.25) is 4.90 Å². The molecule has 1 fully saturated rings. The van der Waals surface area contributed by atoms with E-state index in [1.807, 2.05) is 0 Å². The van der Waals surface area contributed by atoms with Crippen LogP contribution in [0.15, 0.2) is 18.2 Å². The van der Waals surface area contributed by atoms with Gasteiger partial charge in [-0.2, -0.15) is 0 Å². The second-order valence-electron chi connectivity index (χ2n) is 6.23. The molecule has 1 heterocycles. The topological polar surface area (TPSA) is 15.3 Å². The Morgan fingerprint density at radius 2 is 2.00 bits per heavy atom. The summed E-state index contributed by atoms with van der Waals surface area (Å²) in [7, 11) is 2.08. The molecule has 20 heavy (non-hydrogen) atoms. The van der Waals surface area contributed by atoms with Crippen molar-refractivity contribution in [3.8, 4) is 0 Å². The summed E-state index contributed by atoms with van der Waals surface area (Å²) in [5.74, 6) is 0.726. The molecule has 0 spiro atoms. The second-order valence-corrected chi connectivity index (χ2v) is 6.23. The molecule has 1 aliphatic heterocycles.